The minimum atomic E-state index is -0.763. The van der Waals surface area contributed by atoms with E-state index in [1.165, 1.54) is 0 Å². The second-order valence-corrected chi connectivity index (χ2v) is 10.7. The topological polar surface area (TPSA) is 73.6 Å². The molecule has 4 nitrogen and oxygen atoms in total. The van der Waals surface area contributed by atoms with Crippen molar-refractivity contribution in [2.75, 3.05) is 0 Å². The monoisotopic (exact) mass is 357 g/mol. The molecule has 1 heterocycles. The van der Waals surface area contributed by atoms with Crippen LogP contribution >= 0.6 is 0 Å². The molecule has 1 N–H and O–H groups in total. The number of nitriles is 1. The molecule has 5 fully saturated rings. The lowest BCUT2D eigenvalue weighted by Crippen LogP contribution is -2.64. The molecular formula is C22H31NO3. The van der Waals surface area contributed by atoms with Crippen molar-refractivity contribution in [1.29, 1.82) is 5.26 Å². The summed E-state index contributed by atoms with van der Waals surface area (Å²) < 4.78 is 6.37. The van der Waals surface area contributed by atoms with Gasteiger partial charge in [-0.1, -0.05) is 20.8 Å². The highest BCUT2D eigenvalue weighted by Crippen LogP contribution is 2.77. The Balaban J connectivity index is 1.59. The normalized spacial score (nSPS) is 63.2. The smallest absolute Gasteiger partial charge is 0.184 e. The third-order valence-corrected chi connectivity index (χ3v) is 9.98. The van der Waals surface area contributed by atoms with Crippen molar-refractivity contribution in [2.24, 2.45) is 40.4 Å². The Kier molecular flexibility index (Phi) is 3.13. The van der Waals surface area contributed by atoms with Crippen LogP contribution in [0.15, 0.2) is 0 Å². The summed E-state index contributed by atoms with van der Waals surface area (Å²) in [6, 6.07) is 2.29. The Bertz CT molecular complexity index is 729. The second-order valence-electron chi connectivity index (χ2n) is 10.7. The van der Waals surface area contributed by atoms with Crippen molar-refractivity contribution < 1.29 is 14.6 Å². The molecule has 0 aromatic carbocycles. The Labute approximate surface area is 156 Å². The predicted octanol–water partition coefficient (Wildman–Crippen LogP) is 3.48. The summed E-state index contributed by atoms with van der Waals surface area (Å²) >= 11 is 0. The Hall–Kier alpha value is -0.920. The summed E-state index contributed by atoms with van der Waals surface area (Å²) in [5, 5.41) is 20.3. The number of rotatable bonds is 0. The molecule has 0 bridgehead atoms. The summed E-state index contributed by atoms with van der Waals surface area (Å²) in [6.45, 7) is 8.82. The maximum atomic E-state index is 12.9. The Morgan fingerprint density at radius 1 is 1.19 bits per heavy atom. The highest BCUT2D eigenvalue weighted by atomic mass is 16.6. The van der Waals surface area contributed by atoms with Crippen LogP contribution in [-0.2, 0) is 9.53 Å². The van der Waals surface area contributed by atoms with Gasteiger partial charge in [-0.05, 0) is 74.5 Å². The van der Waals surface area contributed by atoms with Gasteiger partial charge >= 0.3 is 0 Å². The molecule has 0 amide bonds. The van der Waals surface area contributed by atoms with Crippen molar-refractivity contribution in [2.45, 2.75) is 83.5 Å². The highest BCUT2D eigenvalue weighted by molar-refractivity contribution is 5.96. The van der Waals surface area contributed by atoms with E-state index in [0.29, 0.717) is 30.1 Å². The number of ketones is 1. The van der Waals surface area contributed by atoms with Gasteiger partial charge < -0.3 is 9.84 Å². The van der Waals surface area contributed by atoms with Gasteiger partial charge in [-0.15, -0.1) is 0 Å². The van der Waals surface area contributed by atoms with Crippen LogP contribution in [0.25, 0.3) is 0 Å². The van der Waals surface area contributed by atoms with Crippen molar-refractivity contribution in [3.63, 3.8) is 0 Å². The molecule has 10 atom stereocenters. The number of carbonyl (C=O) groups excluding carboxylic acids is 1. The van der Waals surface area contributed by atoms with E-state index in [0.717, 1.165) is 32.1 Å². The summed E-state index contributed by atoms with van der Waals surface area (Å²) in [5.74, 6) is 1.44. The first kappa shape index (κ1) is 17.2. The summed E-state index contributed by atoms with van der Waals surface area (Å²) in [5.41, 5.74) is -1.21. The quantitative estimate of drug-likeness (QED) is 0.674. The van der Waals surface area contributed by atoms with Crippen molar-refractivity contribution >= 4 is 5.78 Å². The van der Waals surface area contributed by atoms with E-state index in [2.05, 4.69) is 26.8 Å². The van der Waals surface area contributed by atoms with Gasteiger partial charge in [-0.25, -0.2) is 0 Å². The minimum absolute atomic E-state index is 0.0136. The van der Waals surface area contributed by atoms with Crippen LogP contribution in [0.3, 0.4) is 0 Å². The number of hydrogen-bond acceptors (Lipinski definition) is 4. The average molecular weight is 357 g/mol. The van der Waals surface area contributed by atoms with Gasteiger partial charge in [0.15, 0.2) is 11.4 Å². The minimum Gasteiger partial charge on any atom is -0.393 e. The predicted molar refractivity (Wildman–Crippen MR) is 95.9 cm³/mol. The van der Waals surface area contributed by atoms with Crippen LogP contribution in [0.2, 0.25) is 0 Å². The molecule has 0 radical (unpaired) electrons. The first-order valence-corrected chi connectivity index (χ1v) is 10.5. The van der Waals surface area contributed by atoms with Gasteiger partial charge in [-0.2, -0.15) is 5.26 Å². The highest BCUT2D eigenvalue weighted by Gasteiger charge is 2.86. The van der Waals surface area contributed by atoms with Crippen LogP contribution in [0.5, 0.6) is 0 Å². The zero-order valence-corrected chi connectivity index (χ0v) is 16.4. The molecule has 26 heavy (non-hydrogen) atoms. The average Bonchev–Trinajstić information content (AvgIpc) is 3.16. The van der Waals surface area contributed by atoms with Gasteiger partial charge in [-0.3, -0.25) is 4.79 Å². The molecule has 4 aliphatic carbocycles. The number of aliphatic hydroxyl groups excluding tert-OH is 1. The largest absolute Gasteiger partial charge is 0.393 e. The molecule has 142 valence electrons. The van der Waals surface area contributed by atoms with E-state index in [4.69, 9.17) is 4.74 Å². The molecule has 0 aromatic rings. The van der Waals surface area contributed by atoms with Gasteiger partial charge in [0.1, 0.15) is 11.5 Å². The van der Waals surface area contributed by atoms with Crippen LogP contribution in [0, 0.1) is 51.8 Å². The lowest BCUT2D eigenvalue weighted by atomic mass is 9.41. The molecule has 0 aromatic heterocycles. The fourth-order valence-electron chi connectivity index (χ4n) is 8.81. The van der Waals surface area contributed by atoms with Crippen molar-refractivity contribution in [3.8, 4) is 6.07 Å². The molecule has 4 saturated carbocycles. The van der Waals surface area contributed by atoms with Crippen LogP contribution in [-0.4, -0.2) is 28.2 Å². The fraction of sp³-hybridized carbons (Fsp3) is 0.909. The maximum Gasteiger partial charge on any atom is 0.184 e. The SMILES string of the molecule is CC1C[C@@H]2[C@@H](CC[C@]3(C)C(O)CC[C@@H]23)[C@@]2(C)CC(C#N)C(=O)C3(C)OC132. The number of fused-ring (bicyclic) bond motifs is 4. The number of carbonyl (C=O) groups is 1. The second kappa shape index (κ2) is 4.73. The molecule has 1 aliphatic heterocycles. The Morgan fingerprint density at radius 3 is 2.62 bits per heavy atom. The van der Waals surface area contributed by atoms with Gasteiger partial charge in [0, 0.05) is 5.41 Å². The van der Waals surface area contributed by atoms with Gasteiger partial charge in [0.25, 0.3) is 0 Å². The maximum absolute atomic E-state index is 12.9. The van der Waals surface area contributed by atoms with E-state index >= 15 is 0 Å². The summed E-state index contributed by atoms with van der Waals surface area (Å²) in [7, 11) is 0. The zero-order valence-electron chi connectivity index (χ0n) is 16.4. The van der Waals surface area contributed by atoms with Crippen LogP contribution < -0.4 is 0 Å². The summed E-state index contributed by atoms with van der Waals surface area (Å²) in [4.78, 5) is 12.9. The summed E-state index contributed by atoms with van der Waals surface area (Å²) in [6.07, 6.45) is 5.76. The lowest BCUT2D eigenvalue weighted by molar-refractivity contribution is -0.152. The van der Waals surface area contributed by atoms with Crippen molar-refractivity contribution in [1.82, 2.24) is 0 Å². The molecule has 4 heteroatoms. The number of hydrogen-bond donors (Lipinski definition) is 1. The van der Waals surface area contributed by atoms with E-state index in [-0.39, 0.29) is 28.3 Å². The van der Waals surface area contributed by atoms with Crippen molar-refractivity contribution in [3.05, 3.63) is 0 Å². The number of ether oxygens (including phenoxy) is 1. The van der Waals surface area contributed by atoms with E-state index in [1.54, 1.807) is 0 Å². The van der Waals surface area contributed by atoms with Gasteiger partial charge in [0.05, 0.1) is 12.2 Å². The first-order valence-electron chi connectivity index (χ1n) is 10.5. The third-order valence-electron chi connectivity index (χ3n) is 9.98. The van der Waals surface area contributed by atoms with Gasteiger partial charge in [0.2, 0.25) is 0 Å². The molecule has 1 spiro atoms. The zero-order chi connectivity index (χ0) is 18.7. The standard InChI is InChI=1S/C22H31NO3/c1-12-9-14-15-5-6-17(24)19(15,2)8-7-16(14)20(3)10-13(11-23)18(25)21(4)22(12,20)26-21/h12-17,24H,5-10H2,1-4H3/t12?,13?,14-,15-,16+,17?,19-,20+,21?,22?/m0/s1. The lowest BCUT2D eigenvalue weighted by Gasteiger charge is -2.61. The molecule has 5 rings (SSSR count). The molecule has 1 saturated heterocycles. The fourth-order valence-corrected chi connectivity index (χ4v) is 8.81. The Morgan fingerprint density at radius 2 is 1.92 bits per heavy atom. The molecule has 5 unspecified atom stereocenters. The van der Waals surface area contributed by atoms with E-state index < -0.39 is 11.5 Å². The molecular weight excluding hydrogens is 326 g/mol. The van der Waals surface area contributed by atoms with E-state index in [9.17, 15) is 15.2 Å². The van der Waals surface area contributed by atoms with E-state index in [1.807, 2.05) is 6.92 Å². The first-order chi connectivity index (χ1) is 12.2. The van der Waals surface area contributed by atoms with Crippen LogP contribution in [0.4, 0.5) is 0 Å². The molecule has 5 aliphatic rings. The number of epoxide rings is 1. The number of aliphatic hydroxyl groups is 1. The van der Waals surface area contributed by atoms with Crippen LogP contribution in [0.1, 0.15) is 66.2 Å². The number of Topliss-reactive ketones (excluding diaryl/α,β-unsaturated/α-hetero) is 1. The third kappa shape index (κ3) is 1.55. The number of nitrogens with zero attached hydrogens (tertiary/aromatic N) is 1.